The Balaban J connectivity index is 2.87. The third-order valence-electron chi connectivity index (χ3n) is 2.46. The van der Waals surface area contributed by atoms with E-state index in [4.69, 9.17) is 0 Å². The Hall–Kier alpha value is -1.30. The van der Waals surface area contributed by atoms with E-state index in [1.54, 1.807) is 0 Å². The molecule has 0 aliphatic carbocycles. The zero-order valence-electron chi connectivity index (χ0n) is 8.39. The average molecular weight is 170 g/mol. The fourth-order valence-electron chi connectivity index (χ4n) is 1.84. The molecule has 2 rings (SSSR count). The molecule has 0 N–H and O–H groups in total. The van der Waals surface area contributed by atoms with Crippen LogP contribution in [0.2, 0.25) is 0 Å². The third kappa shape index (κ3) is 1.44. The van der Waals surface area contributed by atoms with Gasteiger partial charge in [-0.1, -0.05) is 41.5 Å². The molecule has 0 heterocycles. The van der Waals surface area contributed by atoms with E-state index in [2.05, 4.69) is 51.1 Å². The van der Waals surface area contributed by atoms with Crippen LogP contribution in [-0.4, -0.2) is 0 Å². The van der Waals surface area contributed by atoms with E-state index in [1.807, 2.05) is 0 Å². The Kier molecular flexibility index (Phi) is 1.84. The topological polar surface area (TPSA) is 0 Å². The van der Waals surface area contributed by atoms with E-state index < -0.39 is 0 Å². The van der Waals surface area contributed by atoms with E-state index in [1.165, 1.54) is 27.5 Å². The molecule has 0 bridgehead atoms. The van der Waals surface area contributed by atoms with Crippen molar-refractivity contribution >= 4 is 10.8 Å². The van der Waals surface area contributed by atoms with Gasteiger partial charge in [-0.05, 0) is 37.1 Å². The Labute approximate surface area is 79.2 Å². The van der Waals surface area contributed by atoms with Crippen molar-refractivity contribution in [3.8, 4) is 0 Å². The number of rotatable bonds is 0. The van der Waals surface area contributed by atoms with E-state index >= 15 is 0 Å². The van der Waals surface area contributed by atoms with Crippen LogP contribution in [0.15, 0.2) is 30.3 Å². The second-order valence-electron chi connectivity index (χ2n) is 3.81. The van der Waals surface area contributed by atoms with E-state index in [-0.39, 0.29) is 0 Å². The van der Waals surface area contributed by atoms with Gasteiger partial charge >= 0.3 is 0 Å². The quantitative estimate of drug-likeness (QED) is 0.564. The summed E-state index contributed by atoms with van der Waals surface area (Å²) in [5.74, 6) is 0. The van der Waals surface area contributed by atoms with Gasteiger partial charge in [-0.15, -0.1) is 0 Å². The first-order chi connectivity index (χ1) is 6.16. The van der Waals surface area contributed by atoms with Crippen LogP contribution in [-0.2, 0) is 0 Å². The van der Waals surface area contributed by atoms with Gasteiger partial charge in [-0.25, -0.2) is 0 Å². The summed E-state index contributed by atoms with van der Waals surface area (Å²) < 4.78 is 0. The maximum absolute atomic E-state index is 2.25. The lowest BCUT2D eigenvalue weighted by Gasteiger charge is -2.04. The van der Waals surface area contributed by atoms with Gasteiger partial charge in [0.15, 0.2) is 0 Å². The predicted molar refractivity (Wildman–Crippen MR) is 58.2 cm³/mol. The van der Waals surface area contributed by atoms with Crippen LogP contribution in [0, 0.1) is 20.8 Å². The standard InChI is InChI=1S/C13H14/c1-9-4-5-12-7-10(2)6-11(3)13(12)8-9/h4-8H,1-3H3. The minimum atomic E-state index is 1.33. The van der Waals surface area contributed by atoms with Gasteiger partial charge in [-0.3, -0.25) is 0 Å². The molecule has 13 heavy (non-hydrogen) atoms. The minimum absolute atomic E-state index is 1.33. The molecule has 2 aromatic carbocycles. The lowest BCUT2D eigenvalue weighted by atomic mass is 10.0. The Morgan fingerprint density at radius 1 is 0.769 bits per heavy atom. The van der Waals surface area contributed by atoms with Gasteiger partial charge in [0.1, 0.15) is 0 Å². The molecule has 0 heteroatoms. The highest BCUT2D eigenvalue weighted by atomic mass is 14.0. The van der Waals surface area contributed by atoms with Gasteiger partial charge in [0.05, 0.1) is 0 Å². The van der Waals surface area contributed by atoms with E-state index in [9.17, 15) is 0 Å². The van der Waals surface area contributed by atoms with Gasteiger partial charge in [0.25, 0.3) is 0 Å². The third-order valence-corrected chi connectivity index (χ3v) is 2.46. The van der Waals surface area contributed by atoms with Crippen molar-refractivity contribution in [2.75, 3.05) is 0 Å². The Bertz CT molecular complexity index is 453. The predicted octanol–water partition coefficient (Wildman–Crippen LogP) is 3.77. The van der Waals surface area contributed by atoms with E-state index in [0.29, 0.717) is 0 Å². The van der Waals surface area contributed by atoms with Crippen molar-refractivity contribution in [2.24, 2.45) is 0 Å². The van der Waals surface area contributed by atoms with Crippen molar-refractivity contribution < 1.29 is 0 Å². The minimum Gasteiger partial charge on any atom is -0.0587 e. The maximum Gasteiger partial charge on any atom is -0.0152 e. The van der Waals surface area contributed by atoms with Crippen LogP contribution < -0.4 is 0 Å². The van der Waals surface area contributed by atoms with Crippen molar-refractivity contribution in [1.29, 1.82) is 0 Å². The molecule has 0 saturated carbocycles. The Morgan fingerprint density at radius 3 is 2.31 bits per heavy atom. The van der Waals surface area contributed by atoms with Crippen LogP contribution in [0.5, 0.6) is 0 Å². The van der Waals surface area contributed by atoms with Gasteiger partial charge in [0.2, 0.25) is 0 Å². The van der Waals surface area contributed by atoms with Gasteiger partial charge < -0.3 is 0 Å². The van der Waals surface area contributed by atoms with Crippen molar-refractivity contribution in [1.82, 2.24) is 0 Å². The maximum atomic E-state index is 2.25. The van der Waals surface area contributed by atoms with Crippen molar-refractivity contribution in [2.45, 2.75) is 20.8 Å². The van der Waals surface area contributed by atoms with Crippen LogP contribution in [0.1, 0.15) is 16.7 Å². The smallest absolute Gasteiger partial charge is 0.0152 e. The van der Waals surface area contributed by atoms with Gasteiger partial charge in [0, 0.05) is 0 Å². The molecule has 66 valence electrons. The molecule has 0 aliphatic rings. The molecule has 2 aromatic rings. The Morgan fingerprint density at radius 2 is 1.54 bits per heavy atom. The molecule has 0 nitrogen and oxygen atoms in total. The number of benzene rings is 2. The highest BCUT2D eigenvalue weighted by molar-refractivity contribution is 5.86. The summed E-state index contributed by atoms with van der Waals surface area (Å²) in [7, 11) is 0. The molecule has 0 aliphatic heterocycles. The molecule has 0 unspecified atom stereocenters. The summed E-state index contributed by atoms with van der Waals surface area (Å²) in [5.41, 5.74) is 4.05. The molecular formula is C13H14. The average Bonchev–Trinajstić information content (AvgIpc) is 2.06. The molecule has 0 atom stereocenters. The highest BCUT2D eigenvalue weighted by Gasteiger charge is 1.98. The molecule has 0 radical (unpaired) electrons. The van der Waals surface area contributed by atoms with Crippen LogP contribution in [0.4, 0.5) is 0 Å². The highest BCUT2D eigenvalue weighted by Crippen LogP contribution is 2.21. The number of aryl methyl sites for hydroxylation is 3. The molecule has 0 amide bonds. The van der Waals surface area contributed by atoms with Crippen LogP contribution in [0.3, 0.4) is 0 Å². The molecule has 0 aromatic heterocycles. The summed E-state index contributed by atoms with van der Waals surface area (Å²) in [4.78, 5) is 0. The number of hydrogen-bond donors (Lipinski definition) is 0. The molecule has 0 saturated heterocycles. The van der Waals surface area contributed by atoms with Crippen molar-refractivity contribution in [3.63, 3.8) is 0 Å². The summed E-state index contributed by atoms with van der Waals surface area (Å²) in [5, 5.41) is 2.73. The fourth-order valence-corrected chi connectivity index (χ4v) is 1.84. The summed E-state index contributed by atoms with van der Waals surface area (Å²) in [6, 6.07) is 11.1. The van der Waals surface area contributed by atoms with Crippen LogP contribution in [0.25, 0.3) is 10.8 Å². The van der Waals surface area contributed by atoms with Gasteiger partial charge in [-0.2, -0.15) is 0 Å². The summed E-state index contributed by atoms with van der Waals surface area (Å²) in [6.45, 7) is 6.46. The van der Waals surface area contributed by atoms with Crippen molar-refractivity contribution in [3.05, 3.63) is 47.0 Å². The van der Waals surface area contributed by atoms with E-state index in [0.717, 1.165) is 0 Å². The first kappa shape index (κ1) is 8.31. The summed E-state index contributed by atoms with van der Waals surface area (Å²) >= 11 is 0. The first-order valence-corrected chi connectivity index (χ1v) is 4.64. The SMILES string of the molecule is Cc1cc(C)c2cc(C)ccc2c1. The lowest BCUT2D eigenvalue weighted by Crippen LogP contribution is -1.82. The summed E-state index contributed by atoms with van der Waals surface area (Å²) in [6.07, 6.45) is 0. The number of hydrogen-bond acceptors (Lipinski definition) is 0. The zero-order chi connectivity index (χ0) is 9.42. The molecule has 0 fully saturated rings. The largest absolute Gasteiger partial charge is 0.0587 e. The molecule has 0 spiro atoms. The second kappa shape index (κ2) is 2.88. The first-order valence-electron chi connectivity index (χ1n) is 4.64. The number of fused-ring (bicyclic) bond motifs is 1. The molecular weight excluding hydrogens is 156 g/mol. The fraction of sp³-hybridized carbons (Fsp3) is 0.231. The monoisotopic (exact) mass is 170 g/mol. The second-order valence-corrected chi connectivity index (χ2v) is 3.81. The normalized spacial score (nSPS) is 10.7. The van der Waals surface area contributed by atoms with Crippen LogP contribution >= 0.6 is 0 Å². The lowest BCUT2D eigenvalue weighted by molar-refractivity contribution is 1.41. The zero-order valence-corrected chi connectivity index (χ0v) is 8.39.